The van der Waals surface area contributed by atoms with Crippen LogP contribution in [0.4, 0.5) is 19.1 Å². The van der Waals surface area contributed by atoms with Crippen LogP contribution in [0.25, 0.3) is 11.3 Å². The molecule has 0 spiro atoms. The highest BCUT2D eigenvalue weighted by Gasteiger charge is 2.30. The molecule has 1 heterocycles. The standard InChI is InChI=1S/C18H15F3N2O3S/c1-12-3-9-15(10-4-12)27(24,25)23(2)17-11-16(22-26-17)13-5-7-14(8-6-13)18(19,20)21/h3-11H,1-2H3. The van der Waals surface area contributed by atoms with Gasteiger partial charge >= 0.3 is 6.18 Å². The van der Waals surface area contributed by atoms with E-state index in [1.807, 2.05) is 6.92 Å². The van der Waals surface area contributed by atoms with Gasteiger partial charge in [-0.05, 0) is 31.2 Å². The van der Waals surface area contributed by atoms with E-state index in [-0.39, 0.29) is 16.5 Å². The van der Waals surface area contributed by atoms with Gasteiger partial charge in [0, 0.05) is 18.7 Å². The van der Waals surface area contributed by atoms with Gasteiger partial charge in [0.2, 0.25) is 5.88 Å². The van der Waals surface area contributed by atoms with E-state index in [9.17, 15) is 21.6 Å². The van der Waals surface area contributed by atoms with E-state index < -0.39 is 21.8 Å². The Labute approximate surface area is 154 Å². The van der Waals surface area contributed by atoms with Gasteiger partial charge in [0.25, 0.3) is 10.0 Å². The van der Waals surface area contributed by atoms with Crippen molar-refractivity contribution >= 4 is 15.9 Å². The molecule has 142 valence electrons. The van der Waals surface area contributed by atoms with Crippen molar-refractivity contribution in [1.29, 1.82) is 0 Å². The Balaban J connectivity index is 1.87. The van der Waals surface area contributed by atoms with Gasteiger partial charge < -0.3 is 4.52 Å². The van der Waals surface area contributed by atoms with Crippen LogP contribution < -0.4 is 4.31 Å². The smallest absolute Gasteiger partial charge is 0.337 e. The molecule has 0 aliphatic heterocycles. The Morgan fingerprint density at radius 3 is 2.15 bits per heavy atom. The summed E-state index contributed by atoms with van der Waals surface area (Å²) in [6.45, 7) is 1.84. The molecule has 9 heteroatoms. The summed E-state index contributed by atoms with van der Waals surface area (Å²) in [6, 6.07) is 12.0. The molecule has 27 heavy (non-hydrogen) atoms. The average Bonchev–Trinajstić information content (AvgIpc) is 3.10. The lowest BCUT2D eigenvalue weighted by atomic mass is 10.1. The van der Waals surface area contributed by atoms with Crippen molar-refractivity contribution in [2.45, 2.75) is 18.0 Å². The molecule has 0 bridgehead atoms. The second kappa shape index (κ2) is 6.73. The zero-order chi connectivity index (χ0) is 19.8. The van der Waals surface area contributed by atoms with Gasteiger partial charge in [-0.15, -0.1) is 0 Å². The number of halogens is 3. The summed E-state index contributed by atoms with van der Waals surface area (Å²) in [5, 5.41) is 3.76. The zero-order valence-electron chi connectivity index (χ0n) is 14.4. The maximum atomic E-state index is 12.7. The molecular weight excluding hydrogens is 381 g/mol. The lowest BCUT2D eigenvalue weighted by Gasteiger charge is -2.15. The third kappa shape index (κ3) is 3.82. The molecule has 3 aromatic rings. The van der Waals surface area contributed by atoms with Gasteiger partial charge in [0.15, 0.2) is 0 Å². The number of rotatable bonds is 4. The first-order chi connectivity index (χ1) is 12.6. The van der Waals surface area contributed by atoms with Crippen LogP contribution in [0.5, 0.6) is 0 Å². The molecule has 2 aromatic carbocycles. The summed E-state index contributed by atoms with van der Waals surface area (Å²) in [4.78, 5) is 0.0862. The molecule has 0 fully saturated rings. The molecule has 1 aromatic heterocycles. The predicted molar refractivity (Wildman–Crippen MR) is 93.7 cm³/mol. The molecule has 0 radical (unpaired) electrons. The fourth-order valence-corrected chi connectivity index (χ4v) is 3.49. The summed E-state index contributed by atoms with van der Waals surface area (Å²) in [6.07, 6.45) is -4.43. The van der Waals surface area contributed by atoms with Gasteiger partial charge in [-0.1, -0.05) is 35.0 Å². The Hall–Kier alpha value is -2.81. The molecular formula is C18H15F3N2O3S. The zero-order valence-corrected chi connectivity index (χ0v) is 15.2. The second-order valence-electron chi connectivity index (χ2n) is 5.91. The number of anilines is 1. The summed E-state index contributed by atoms with van der Waals surface area (Å²) in [5.74, 6) is -0.0505. The Kier molecular flexibility index (Phi) is 4.73. The third-order valence-electron chi connectivity index (χ3n) is 4.00. The minimum absolute atomic E-state index is 0.0505. The first-order valence-corrected chi connectivity index (χ1v) is 9.23. The maximum absolute atomic E-state index is 12.7. The molecule has 0 atom stereocenters. The highest BCUT2D eigenvalue weighted by molar-refractivity contribution is 7.92. The van der Waals surface area contributed by atoms with Crippen LogP contribution in [0.15, 0.2) is 64.0 Å². The van der Waals surface area contributed by atoms with Crippen LogP contribution in [0.3, 0.4) is 0 Å². The molecule has 5 nitrogen and oxygen atoms in total. The molecule has 0 saturated heterocycles. The fraction of sp³-hybridized carbons (Fsp3) is 0.167. The van der Waals surface area contributed by atoms with Crippen LogP contribution in [0, 0.1) is 6.92 Å². The topological polar surface area (TPSA) is 63.4 Å². The second-order valence-corrected chi connectivity index (χ2v) is 7.88. The van der Waals surface area contributed by atoms with Gasteiger partial charge in [-0.2, -0.15) is 13.2 Å². The Bertz CT molecular complexity index is 1040. The van der Waals surface area contributed by atoms with Crippen molar-refractivity contribution in [3.63, 3.8) is 0 Å². The minimum Gasteiger partial charge on any atom is -0.337 e. The van der Waals surface area contributed by atoms with Crippen molar-refractivity contribution < 1.29 is 26.1 Å². The number of aryl methyl sites for hydroxylation is 1. The molecule has 0 aliphatic rings. The summed E-state index contributed by atoms with van der Waals surface area (Å²) < 4.78 is 69.3. The SMILES string of the molecule is Cc1ccc(S(=O)(=O)N(C)c2cc(-c3ccc(C(F)(F)F)cc3)no2)cc1. The van der Waals surface area contributed by atoms with Crippen molar-refractivity contribution in [2.24, 2.45) is 0 Å². The lowest BCUT2D eigenvalue weighted by Crippen LogP contribution is -2.26. The molecule has 3 rings (SSSR count). The van der Waals surface area contributed by atoms with E-state index in [2.05, 4.69) is 5.16 Å². The fourth-order valence-electron chi connectivity index (χ4n) is 2.37. The van der Waals surface area contributed by atoms with E-state index in [0.29, 0.717) is 5.56 Å². The first kappa shape index (κ1) is 19.0. The number of hydrogen-bond donors (Lipinski definition) is 0. The summed E-state index contributed by atoms with van der Waals surface area (Å²) >= 11 is 0. The van der Waals surface area contributed by atoms with Crippen molar-refractivity contribution in [3.05, 3.63) is 65.7 Å². The largest absolute Gasteiger partial charge is 0.416 e. The van der Waals surface area contributed by atoms with E-state index in [1.54, 1.807) is 12.1 Å². The highest BCUT2D eigenvalue weighted by atomic mass is 32.2. The summed E-state index contributed by atoms with van der Waals surface area (Å²) in [7, 11) is -2.54. The number of sulfonamides is 1. The van der Waals surface area contributed by atoms with Crippen LogP contribution in [0.1, 0.15) is 11.1 Å². The average molecular weight is 396 g/mol. The maximum Gasteiger partial charge on any atom is 0.416 e. The number of alkyl halides is 3. The molecule has 0 amide bonds. The molecule has 0 unspecified atom stereocenters. The van der Waals surface area contributed by atoms with Gasteiger partial charge in [0.05, 0.1) is 10.5 Å². The van der Waals surface area contributed by atoms with Crippen LogP contribution in [0.2, 0.25) is 0 Å². The van der Waals surface area contributed by atoms with E-state index in [4.69, 9.17) is 4.52 Å². The van der Waals surface area contributed by atoms with Crippen molar-refractivity contribution in [3.8, 4) is 11.3 Å². The van der Waals surface area contributed by atoms with Gasteiger partial charge in [-0.25, -0.2) is 12.7 Å². The first-order valence-electron chi connectivity index (χ1n) is 7.79. The number of nitrogens with zero attached hydrogens (tertiary/aromatic N) is 2. The van der Waals surface area contributed by atoms with Crippen LogP contribution in [-0.4, -0.2) is 20.6 Å². The lowest BCUT2D eigenvalue weighted by molar-refractivity contribution is -0.137. The normalized spacial score (nSPS) is 12.2. The number of hydrogen-bond acceptors (Lipinski definition) is 4. The number of benzene rings is 2. The quantitative estimate of drug-likeness (QED) is 0.652. The number of aromatic nitrogens is 1. The highest BCUT2D eigenvalue weighted by Crippen LogP contribution is 2.32. The van der Waals surface area contributed by atoms with Gasteiger partial charge in [-0.3, -0.25) is 0 Å². The Morgan fingerprint density at radius 1 is 1.00 bits per heavy atom. The monoisotopic (exact) mass is 396 g/mol. The minimum atomic E-state index is -4.43. The molecule has 0 N–H and O–H groups in total. The molecule has 0 saturated carbocycles. The van der Waals surface area contributed by atoms with Crippen molar-refractivity contribution in [1.82, 2.24) is 5.16 Å². The molecule has 0 aliphatic carbocycles. The van der Waals surface area contributed by atoms with E-state index in [0.717, 1.165) is 22.0 Å². The summed E-state index contributed by atoms with van der Waals surface area (Å²) in [5.41, 5.74) is 0.735. The van der Waals surface area contributed by atoms with Crippen molar-refractivity contribution in [2.75, 3.05) is 11.4 Å². The van der Waals surface area contributed by atoms with E-state index in [1.165, 1.54) is 37.4 Å². The third-order valence-corrected chi connectivity index (χ3v) is 5.76. The van der Waals surface area contributed by atoms with E-state index >= 15 is 0 Å². The predicted octanol–water partition coefficient (Wildman–Crippen LogP) is 4.49. The van der Waals surface area contributed by atoms with Crippen LogP contribution >= 0.6 is 0 Å². The van der Waals surface area contributed by atoms with Gasteiger partial charge in [0.1, 0.15) is 5.69 Å². The van der Waals surface area contributed by atoms with Crippen LogP contribution in [-0.2, 0) is 16.2 Å². The Morgan fingerprint density at radius 2 is 1.59 bits per heavy atom.